The van der Waals surface area contributed by atoms with Crippen LogP contribution in [-0.2, 0) is 13.0 Å². The summed E-state index contributed by atoms with van der Waals surface area (Å²) in [5.74, 6) is 1.64. The van der Waals surface area contributed by atoms with E-state index >= 15 is 0 Å². The van der Waals surface area contributed by atoms with Gasteiger partial charge < -0.3 is 14.8 Å². The SMILES string of the molecule is CCOc1cc2c(cc1CNC(=O)c1cc(C)ccc1C)O[C@@H](C)C2. The van der Waals surface area contributed by atoms with Gasteiger partial charge in [-0.2, -0.15) is 0 Å². The average Bonchev–Trinajstić information content (AvgIpc) is 2.93. The first-order valence-electron chi connectivity index (χ1n) is 8.78. The predicted octanol–water partition coefficient (Wildman–Crippen LogP) is 3.96. The molecule has 1 amide bonds. The third-order valence-electron chi connectivity index (χ3n) is 4.46. The minimum Gasteiger partial charge on any atom is -0.494 e. The zero-order chi connectivity index (χ0) is 18.0. The summed E-state index contributed by atoms with van der Waals surface area (Å²) in [6.45, 7) is 8.96. The Hall–Kier alpha value is -2.49. The summed E-state index contributed by atoms with van der Waals surface area (Å²) >= 11 is 0. The lowest BCUT2D eigenvalue weighted by atomic mass is 10.0. The molecule has 132 valence electrons. The summed E-state index contributed by atoms with van der Waals surface area (Å²) in [6.07, 6.45) is 1.08. The van der Waals surface area contributed by atoms with Crippen molar-refractivity contribution in [2.24, 2.45) is 0 Å². The molecule has 0 unspecified atom stereocenters. The Morgan fingerprint density at radius 1 is 1.28 bits per heavy atom. The van der Waals surface area contributed by atoms with Crippen LogP contribution in [0.2, 0.25) is 0 Å². The summed E-state index contributed by atoms with van der Waals surface area (Å²) in [5.41, 5.74) is 4.86. The number of hydrogen-bond donors (Lipinski definition) is 1. The molecule has 4 heteroatoms. The Labute approximate surface area is 149 Å². The van der Waals surface area contributed by atoms with Crippen LogP contribution in [0.25, 0.3) is 0 Å². The van der Waals surface area contributed by atoms with Gasteiger partial charge in [0.2, 0.25) is 0 Å². The van der Waals surface area contributed by atoms with E-state index in [2.05, 4.69) is 12.2 Å². The summed E-state index contributed by atoms with van der Waals surface area (Å²) < 4.78 is 11.6. The number of carbonyl (C=O) groups excluding carboxylic acids is 1. The molecule has 2 aromatic rings. The highest BCUT2D eigenvalue weighted by atomic mass is 16.5. The Morgan fingerprint density at radius 3 is 2.84 bits per heavy atom. The van der Waals surface area contributed by atoms with Gasteiger partial charge in [0, 0.05) is 29.7 Å². The van der Waals surface area contributed by atoms with Crippen LogP contribution in [-0.4, -0.2) is 18.6 Å². The molecular weight excluding hydrogens is 314 g/mol. The predicted molar refractivity (Wildman–Crippen MR) is 98.5 cm³/mol. The van der Waals surface area contributed by atoms with Crippen LogP contribution in [0.4, 0.5) is 0 Å². The Balaban J connectivity index is 1.79. The van der Waals surface area contributed by atoms with Gasteiger partial charge in [-0.25, -0.2) is 0 Å². The molecule has 0 fully saturated rings. The van der Waals surface area contributed by atoms with Crippen molar-refractivity contribution in [3.05, 3.63) is 58.1 Å². The summed E-state index contributed by atoms with van der Waals surface area (Å²) in [6, 6.07) is 9.94. The molecule has 0 aliphatic carbocycles. The van der Waals surface area contributed by atoms with Gasteiger partial charge in [-0.15, -0.1) is 0 Å². The smallest absolute Gasteiger partial charge is 0.251 e. The molecule has 0 saturated carbocycles. The molecule has 25 heavy (non-hydrogen) atoms. The molecule has 1 aliphatic heterocycles. The van der Waals surface area contributed by atoms with E-state index in [4.69, 9.17) is 9.47 Å². The molecule has 1 heterocycles. The van der Waals surface area contributed by atoms with Crippen LogP contribution < -0.4 is 14.8 Å². The number of carbonyl (C=O) groups is 1. The van der Waals surface area contributed by atoms with Crippen LogP contribution in [0, 0.1) is 13.8 Å². The maximum absolute atomic E-state index is 12.6. The molecule has 0 radical (unpaired) electrons. The molecular formula is C21H25NO3. The normalized spacial score (nSPS) is 15.4. The Kier molecular flexibility index (Phi) is 4.98. The number of rotatable bonds is 5. The number of benzene rings is 2. The van der Waals surface area contributed by atoms with Gasteiger partial charge in [0.1, 0.15) is 17.6 Å². The van der Waals surface area contributed by atoms with Crippen molar-refractivity contribution in [3.8, 4) is 11.5 Å². The molecule has 1 N–H and O–H groups in total. The topological polar surface area (TPSA) is 47.6 Å². The fraction of sp³-hybridized carbons (Fsp3) is 0.381. The van der Waals surface area contributed by atoms with Crippen LogP contribution in [0.3, 0.4) is 0 Å². The Bertz CT molecular complexity index is 798. The highest BCUT2D eigenvalue weighted by Crippen LogP contribution is 2.35. The molecule has 0 spiro atoms. The van der Waals surface area contributed by atoms with Crippen molar-refractivity contribution in [2.45, 2.75) is 46.8 Å². The van der Waals surface area contributed by atoms with Gasteiger partial charge in [0.25, 0.3) is 5.91 Å². The number of fused-ring (bicyclic) bond motifs is 1. The molecule has 0 saturated heterocycles. The number of hydrogen-bond acceptors (Lipinski definition) is 3. The number of ether oxygens (including phenoxy) is 2. The lowest BCUT2D eigenvalue weighted by molar-refractivity contribution is 0.0950. The molecule has 3 rings (SSSR count). The maximum atomic E-state index is 12.6. The summed E-state index contributed by atoms with van der Waals surface area (Å²) in [4.78, 5) is 12.6. The average molecular weight is 339 g/mol. The fourth-order valence-electron chi connectivity index (χ4n) is 3.16. The maximum Gasteiger partial charge on any atom is 0.251 e. The molecule has 1 aliphatic rings. The van der Waals surface area contributed by atoms with Crippen LogP contribution >= 0.6 is 0 Å². The fourth-order valence-corrected chi connectivity index (χ4v) is 3.16. The van der Waals surface area contributed by atoms with Gasteiger partial charge in [-0.05, 0) is 51.5 Å². The minimum atomic E-state index is -0.0709. The quantitative estimate of drug-likeness (QED) is 0.897. The third kappa shape index (κ3) is 3.78. The standard InChI is InChI=1S/C21H25NO3/c1-5-24-19-10-16-9-15(4)25-20(16)11-17(19)12-22-21(23)18-8-13(2)6-7-14(18)3/h6-8,10-11,15H,5,9,12H2,1-4H3,(H,22,23)/t15-/m0/s1. The highest BCUT2D eigenvalue weighted by molar-refractivity contribution is 5.95. The van der Waals surface area contributed by atoms with E-state index in [1.807, 2.05) is 51.1 Å². The van der Waals surface area contributed by atoms with E-state index in [9.17, 15) is 4.79 Å². The zero-order valence-corrected chi connectivity index (χ0v) is 15.3. The first kappa shape index (κ1) is 17.3. The summed E-state index contributed by atoms with van der Waals surface area (Å²) in [5, 5.41) is 3.01. The first-order valence-corrected chi connectivity index (χ1v) is 8.78. The van der Waals surface area contributed by atoms with Gasteiger partial charge in [-0.3, -0.25) is 4.79 Å². The van der Waals surface area contributed by atoms with Crippen molar-refractivity contribution in [3.63, 3.8) is 0 Å². The number of nitrogens with one attached hydrogen (secondary N) is 1. The molecule has 0 aromatic heterocycles. The second kappa shape index (κ2) is 7.18. The monoisotopic (exact) mass is 339 g/mol. The molecule has 2 aromatic carbocycles. The second-order valence-corrected chi connectivity index (χ2v) is 6.63. The van der Waals surface area contributed by atoms with E-state index in [-0.39, 0.29) is 12.0 Å². The van der Waals surface area contributed by atoms with Crippen molar-refractivity contribution in [1.82, 2.24) is 5.32 Å². The van der Waals surface area contributed by atoms with E-state index in [0.717, 1.165) is 34.6 Å². The van der Waals surface area contributed by atoms with E-state index in [1.54, 1.807) is 0 Å². The van der Waals surface area contributed by atoms with Gasteiger partial charge in [0.15, 0.2) is 0 Å². The lowest BCUT2D eigenvalue weighted by Crippen LogP contribution is -2.24. The first-order chi connectivity index (χ1) is 12.0. The van der Waals surface area contributed by atoms with E-state index < -0.39 is 0 Å². The van der Waals surface area contributed by atoms with Gasteiger partial charge in [0.05, 0.1) is 6.61 Å². The Morgan fingerprint density at radius 2 is 2.08 bits per heavy atom. The lowest BCUT2D eigenvalue weighted by Gasteiger charge is -2.14. The molecule has 4 nitrogen and oxygen atoms in total. The van der Waals surface area contributed by atoms with Crippen LogP contribution in [0.15, 0.2) is 30.3 Å². The van der Waals surface area contributed by atoms with Crippen molar-refractivity contribution < 1.29 is 14.3 Å². The molecule has 1 atom stereocenters. The van der Waals surface area contributed by atoms with Crippen LogP contribution in [0.1, 0.15) is 46.5 Å². The van der Waals surface area contributed by atoms with Crippen molar-refractivity contribution in [2.75, 3.05) is 6.61 Å². The van der Waals surface area contributed by atoms with E-state index in [1.165, 1.54) is 5.56 Å². The minimum absolute atomic E-state index is 0.0709. The van der Waals surface area contributed by atoms with Gasteiger partial charge in [-0.1, -0.05) is 17.7 Å². The highest BCUT2D eigenvalue weighted by Gasteiger charge is 2.22. The largest absolute Gasteiger partial charge is 0.494 e. The van der Waals surface area contributed by atoms with E-state index in [0.29, 0.717) is 18.7 Å². The summed E-state index contributed by atoms with van der Waals surface area (Å²) in [7, 11) is 0. The molecule has 0 bridgehead atoms. The number of aryl methyl sites for hydroxylation is 2. The van der Waals surface area contributed by atoms with Crippen molar-refractivity contribution >= 4 is 5.91 Å². The third-order valence-corrected chi connectivity index (χ3v) is 4.46. The zero-order valence-electron chi connectivity index (χ0n) is 15.3. The van der Waals surface area contributed by atoms with Crippen molar-refractivity contribution in [1.29, 1.82) is 0 Å². The number of amides is 1. The van der Waals surface area contributed by atoms with Crippen LogP contribution in [0.5, 0.6) is 11.5 Å². The van der Waals surface area contributed by atoms with Gasteiger partial charge >= 0.3 is 0 Å². The second-order valence-electron chi connectivity index (χ2n) is 6.63.